The molecule has 0 fully saturated rings. The van der Waals surface area contributed by atoms with Gasteiger partial charge in [0.25, 0.3) is 11.6 Å². The van der Waals surface area contributed by atoms with Crippen molar-refractivity contribution >= 4 is 11.7 Å². The summed E-state index contributed by atoms with van der Waals surface area (Å²) in [6.07, 6.45) is 0.676. The number of rotatable bonds is 6. The van der Waals surface area contributed by atoms with Gasteiger partial charge >= 0.3 is 5.97 Å². The molecule has 10 heteroatoms. The normalized spacial score (nSPS) is 11.6. The maximum absolute atomic E-state index is 12.3. The second-order valence-electron chi connectivity index (χ2n) is 5.36. The molecular formula is C17H14N4O6. The van der Waals surface area contributed by atoms with Gasteiger partial charge in [-0.15, -0.1) is 10.2 Å². The molecular weight excluding hydrogens is 356 g/mol. The molecule has 138 valence electrons. The van der Waals surface area contributed by atoms with E-state index in [9.17, 15) is 14.9 Å². The van der Waals surface area contributed by atoms with Crippen LogP contribution in [0.3, 0.4) is 0 Å². The summed E-state index contributed by atoms with van der Waals surface area (Å²) < 4.78 is 15.9. The molecule has 2 heterocycles. The Hall–Kier alpha value is -3.82. The van der Waals surface area contributed by atoms with Gasteiger partial charge in [-0.25, -0.2) is 9.78 Å². The van der Waals surface area contributed by atoms with Crippen LogP contribution in [-0.2, 0) is 4.74 Å². The minimum absolute atomic E-state index is 0.0498. The van der Waals surface area contributed by atoms with Crippen LogP contribution in [0, 0.1) is 10.1 Å². The van der Waals surface area contributed by atoms with E-state index in [4.69, 9.17) is 13.9 Å². The molecule has 1 aromatic carbocycles. The Bertz CT molecular complexity index is 970. The molecule has 10 nitrogen and oxygen atoms in total. The molecule has 0 aliphatic carbocycles. The Morgan fingerprint density at radius 3 is 2.63 bits per heavy atom. The van der Waals surface area contributed by atoms with Crippen molar-refractivity contribution in [3.8, 4) is 17.3 Å². The molecule has 0 N–H and O–H groups in total. The van der Waals surface area contributed by atoms with E-state index in [0.29, 0.717) is 5.56 Å². The van der Waals surface area contributed by atoms with Crippen LogP contribution in [0.1, 0.15) is 29.3 Å². The summed E-state index contributed by atoms with van der Waals surface area (Å²) in [5.74, 6) is -0.268. The molecule has 0 radical (unpaired) electrons. The van der Waals surface area contributed by atoms with Crippen LogP contribution in [0.15, 0.2) is 47.0 Å². The highest BCUT2D eigenvalue weighted by Crippen LogP contribution is 2.25. The first-order valence-corrected chi connectivity index (χ1v) is 7.78. The molecule has 0 spiro atoms. The fourth-order valence-corrected chi connectivity index (χ4v) is 2.22. The molecule has 0 bridgehead atoms. The number of benzene rings is 1. The lowest BCUT2D eigenvalue weighted by atomic mass is 10.2. The number of aromatic nitrogens is 3. The second kappa shape index (κ2) is 7.60. The topological polar surface area (TPSA) is 130 Å². The van der Waals surface area contributed by atoms with Crippen LogP contribution in [0.5, 0.6) is 5.88 Å². The number of nitro groups is 1. The first-order chi connectivity index (χ1) is 13.0. The fraction of sp³-hybridized carbons (Fsp3) is 0.176. The molecule has 2 aromatic heterocycles. The zero-order valence-electron chi connectivity index (χ0n) is 14.4. The smallest absolute Gasteiger partial charge is 0.344 e. The average molecular weight is 370 g/mol. The van der Waals surface area contributed by atoms with Gasteiger partial charge in [-0.05, 0) is 31.2 Å². The highest BCUT2D eigenvalue weighted by molar-refractivity contribution is 5.91. The molecule has 27 heavy (non-hydrogen) atoms. The van der Waals surface area contributed by atoms with Crippen LogP contribution >= 0.6 is 0 Å². The molecule has 1 atom stereocenters. The molecule has 3 rings (SSSR count). The SMILES string of the molecule is COc1ncccc1C(=O)OC(C)c1nnc(-c2ccc([N+](=O)[O-])cc2)o1. The molecule has 1 unspecified atom stereocenters. The van der Waals surface area contributed by atoms with Gasteiger partial charge in [-0.1, -0.05) is 0 Å². The number of pyridine rings is 1. The zero-order chi connectivity index (χ0) is 19.4. The molecule has 0 aliphatic rings. The number of non-ortho nitro benzene ring substituents is 1. The maximum Gasteiger partial charge on any atom is 0.344 e. The summed E-state index contributed by atoms with van der Waals surface area (Å²) in [7, 11) is 1.40. The van der Waals surface area contributed by atoms with Gasteiger partial charge in [0, 0.05) is 23.9 Å². The van der Waals surface area contributed by atoms with Crippen molar-refractivity contribution in [2.75, 3.05) is 7.11 Å². The summed E-state index contributed by atoms with van der Waals surface area (Å²) in [6.45, 7) is 1.58. The number of carbonyl (C=O) groups is 1. The number of nitrogens with zero attached hydrogens (tertiary/aromatic N) is 4. The summed E-state index contributed by atoms with van der Waals surface area (Å²) in [4.78, 5) is 26.4. The lowest BCUT2D eigenvalue weighted by Gasteiger charge is -2.10. The van der Waals surface area contributed by atoms with Crippen LogP contribution in [0.25, 0.3) is 11.5 Å². The number of nitro benzene ring substituents is 1. The quantitative estimate of drug-likeness (QED) is 0.365. The number of methoxy groups -OCH3 is 1. The van der Waals surface area contributed by atoms with Crippen LogP contribution in [-0.4, -0.2) is 33.2 Å². The average Bonchev–Trinajstić information content (AvgIpc) is 3.18. The number of ether oxygens (including phenoxy) is 2. The van der Waals surface area contributed by atoms with E-state index in [1.54, 1.807) is 13.0 Å². The predicted molar refractivity (Wildman–Crippen MR) is 91.0 cm³/mol. The second-order valence-corrected chi connectivity index (χ2v) is 5.36. The van der Waals surface area contributed by atoms with E-state index in [1.807, 2.05) is 0 Å². The Morgan fingerprint density at radius 1 is 1.22 bits per heavy atom. The molecule has 0 amide bonds. The van der Waals surface area contributed by atoms with E-state index in [-0.39, 0.29) is 28.9 Å². The highest BCUT2D eigenvalue weighted by atomic mass is 16.6. The Balaban J connectivity index is 1.74. The minimum Gasteiger partial charge on any atom is -0.480 e. The standard InChI is InChI=1S/C17H14N4O6/c1-10(26-17(22)13-4-3-9-18-16(13)25-2)14-19-20-15(27-14)11-5-7-12(8-6-11)21(23)24/h3-10H,1-2H3. The third-order valence-corrected chi connectivity index (χ3v) is 3.58. The van der Waals surface area contributed by atoms with Crippen molar-refractivity contribution in [1.82, 2.24) is 15.2 Å². The molecule has 0 saturated heterocycles. The number of carbonyl (C=O) groups excluding carboxylic acids is 1. The first kappa shape index (κ1) is 18.0. The molecule has 0 saturated carbocycles. The maximum atomic E-state index is 12.3. The zero-order valence-corrected chi connectivity index (χ0v) is 14.4. The number of hydrogen-bond donors (Lipinski definition) is 0. The summed E-state index contributed by atoms with van der Waals surface area (Å²) in [6, 6.07) is 8.76. The highest BCUT2D eigenvalue weighted by Gasteiger charge is 2.22. The number of esters is 1. The number of hydrogen-bond acceptors (Lipinski definition) is 9. The predicted octanol–water partition coefficient (Wildman–Crippen LogP) is 2.97. The van der Waals surface area contributed by atoms with E-state index in [1.165, 1.54) is 43.6 Å². The summed E-state index contributed by atoms with van der Waals surface area (Å²) in [5, 5.41) is 18.4. The van der Waals surface area contributed by atoms with Crippen molar-refractivity contribution in [2.24, 2.45) is 0 Å². The van der Waals surface area contributed by atoms with Crippen molar-refractivity contribution in [3.05, 3.63) is 64.2 Å². The fourth-order valence-electron chi connectivity index (χ4n) is 2.22. The first-order valence-electron chi connectivity index (χ1n) is 7.78. The van der Waals surface area contributed by atoms with E-state index >= 15 is 0 Å². The van der Waals surface area contributed by atoms with Gasteiger partial charge in [0.05, 0.1) is 12.0 Å². The molecule has 3 aromatic rings. The van der Waals surface area contributed by atoms with Crippen molar-refractivity contribution in [3.63, 3.8) is 0 Å². The minimum atomic E-state index is -0.818. The lowest BCUT2D eigenvalue weighted by Crippen LogP contribution is -2.11. The van der Waals surface area contributed by atoms with E-state index in [0.717, 1.165) is 0 Å². The Labute approximate surface area is 152 Å². The Morgan fingerprint density at radius 2 is 1.96 bits per heavy atom. The van der Waals surface area contributed by atoms with Crippen LogP contribution < -0.4 is 4.74 Å². The van der Waals surface area contributed by atoms with Crippen molar-refractivity contribution < 1.29 is 23.6 Å². The van der Waals surface area contributed by atoms with Gasteiger partial charge < -0.3 is 13.9 Å². The van der Waals surface area contributed by atoms with Crippen LogP contribution in [0.2, 0.25) is 0 Å². The van der Waals surface area contributed by atoms with Gasteiger partial charge in [0.15, 0.2) is 6.10 Å². The summed E-state index contributed by atoms with van der Waals surface area (Å²) >= 11 is 0. The largest absolute Gasteiger partial charge is 0.480 e. The van der Waals surface area contributed by atoms with E-state index in [2.05, 4.69) is 15.2 Å². The van der Waals surface area contributed by atoms with Crippen LogP contribution in [0.4, 0.5) is 5.69 Å². The third-order valence-electron chi connectivity index (χ3n) is 3.58. The lowest BCUT2D eigenvalue weighted by molar-refractivity contribution is -0.384. The van der Waals surface area contributed by atoms with Gasteiger partial charge in [-0.2, -0.15) is 0 Å². The van der Waals surface area contributed by atoms with Crippen molar-refractivity contribution in [2.45, 2.75) is 13.0 Å². The Kier molecular flexibility index (Phi) is 5.06. The summed E-state index contributed by atoms with van der Waals surface area (Å²) in [5.41, 5.74) is 0.625. The third kappa shape index (κ3) is 3.89. The van der Waals surface area contributed by atoms with Gasteiger partial charge in [0.1, 0.15) is 5.56 Å². The molecule has 0 aliphatic heterocycles. The van der Waals surface area contributed by atoms with E-state index < -0.39 is 17.0 Å². The van der Waals surface area contributed by atoms with Gasteiger partial charge in [0.2, 0.25) is 11.8 Å². The van der Waals surface area contributed by atoms with Crippen molar-refractivity contribution in [1.29, 1.82) is 0 Å². The van der Waals surface area contributed by atoms with Gasteiger partial charge in [-0.3, -0.25) is 10.1 Å². The monoisotopic (exact) mass is 370 g/mol.